The van der Waals surface area contributed by atoms with Gasteiger partial charge in [-0.25, -0.2) is 0 Å². The van der Waals surface area contributed by atoms with Crippen molar-refractivity contribution >= 4 is 28.7 Å². The third-order valence-corrected chi connectivity index (χ3v) is 4.50. The summed E-state index contributed by atoms with van der Waals surface area (Å²) in [6.07, 6.45) is 6.95. The molecule has 1 aliphatic heterocycles. The molecule has 0 bridgehead atoms. The Morgan fingerprint density at radius 3 is 2.75 bits per heavy atom. The summed E-state index contributed by atoms with van der Waals surface area (Å²) in [4.78, 5) is 16.7. The number of benzene rings is 1. The lowest BCUT2D eigenvalue weighted by Crippen LogP contribution is -2.41. The molecule has 2 aromatic rings. The SMILES string of the molecule is O=[N+]([O-])c1ccc(NC(=S)N2CCCC[C@@H]2c2cccnc2)cc1. The highest BCUT2D eigenvalue weighted by atomic mass is 32.1. The molecule has 1 aromatic heterocycles. The molecule has 0 spiro atoms. The maximum atomic E-state index is 10.7. The molecule has 1 aromatic carbocycles. The van der Waals surface area contributed by atoms with Gasteiger partial charge in [0.2, 0.25) is 0 Å². The van der Waals surface area contributed by atoms with Crippen LogP contribution >= 0.6 is 12.2 Å². The summed E-state index contributed by atoms with van der Waals surface area (Å²) in [6.45, 7) is 0.887. The summed E-state index contributed by atoms with van der Waals surface area (Å²) in [5.74, 6) is 0. The number of nitrogens with one attached hydrogen (secondary N) is 1. The van der Waals surface area contributed by atoms with Crippen LogP contribution in [-0.4, -0.2) is 26.5 Å². The molecule has 1 fully saturated rings. The molecular weight excluding hydrogens is 324 g/mol. The van der Waals surface area contributed by atoms with Gasteiger partial charge in [-0.1, -0.05) is 6.07 Å². The number of anilines is 1. The maximum absolute atomic E-state index is 10.7. The Labute approximate surface area is 145 Å². The first-order chi connectivity index (χ1) is 11.6. The molecule has 0 saturated carbocycles. The van der Waals surface area contributed by atoms with Crippen LogP contribution < -0.4 is 5.32 Å². The largest absolute Gasteiger partial charge is 0.342 e. The molecule has 24 heavy (non-hydrogen) atoms. The van der Waals surface area contributed by atoms with Crippen LogP contribution in [0.5, 0.6) is 0 Å². The minimum absolute atomic E-state index is 0.0673. The molecule has 0 amide bonds. The molecule has 3 rings (SSSR count). The van der Waals surface area contributed by atoms with Crippen LogP contribution in [0.2, 0.25) is 0 Å². The Morgan fingerprint density at radius 1 is 1.29 bits per heavy atom. The van der Waals surface area contributed by atoms with Gasteiger partial charge < -0.3 is 10.2 Å². The first-order valence-electron chi connectivity index (χ1n) is 7.87. The van der Waals surface area contributed by atoms with Crippen LogP contribution in [0.4, 0.5) is 11.4 Å². The van der Waals surface area contributed by atoms with Gasteiger partial charge in [-0.3, -0.25) is 15.1 Å². The molecular formula is C17H18N4O2S. The van der Waals surface area contributed by atoms with Gasteiger partial charge in [-0.15, -0.1) is 0 Å². The van der Waals surface area contributed by atoms with E-state index in [9.17, 15) is 10.1 Å². The van der Waals surface area contributed by atoms with Crippen molar-refractivity contribution < 1.29 is 4.92 Å². The van der Waals surface area contributed by atoms with E-state index in [-0.39, 0.29) is 11.7 Å². The fourth-order valence-corrected chi connectivity index (χ4v) is 3.29. The number of piperidine rings is 1. The monoisotopic (exact) mass is 342 g/mol. The number of nitrogens with zero attached hydrogens (tertiary/aromatic N) is 3. The van der Waals surface area contributed by atoms with Crippen molar-refractivity contribution in [3.05, 3.63) is 64.5 Å². The molecule has 1 N–H and O–H groups in total. The highest BCUT2D eigenvalue weighted by molar-refractivity contribution is 7.80. The summed E-state index contributed by atoms with van der Waals surface area (Å²) in [5, 5.41) is 14.6. The van der Waals surface area contributed by atoms with Crippen LogP contribution in [0.25, 0.3) is 0 Å². The minimum atomic E-state index is -0.412. The average Bonchev–Trinajstić information content (AvgIpc) is 2.63. The number of nitro benzene ring substituents is 1. The van der Waals surface area contributed by atoms with E-state index < -0.39 is 4.92 Å². The number of hydrogen-bond acceptors (Lipinski definition) is 4. The Kier molecular flexibility index (Phi) is 5.00. The van der Waals surface area contributed by atoms with Gasteiger partial charge in [-0.2, -0.15) is 0 Å². The number of rotatable bonds is 3. The second-order valence-corrected chi connectivity index (χ2v) is 6.11. The predicted octanol–water partition coefficient (Wildman–Crippen LogP) is 3.91. The van der Waals surface area contributed by atoms with Crippen molar-refractivity contribution in [2.24, 2.45) is 0 Å². The third-order valence-electron chi connectivity index (χ3n) is 4.16. The van der Waals surface area contributed by atoms with Crippen molar-refractivity contribution in [3.8, 4) is 0 Å². The van der Waals surface area contributed by atoms with Crippen LogP contribution in [0, 0.1) is 10.1 Å². The number of nitro groups is 1. The molecule has 124 valence electrons. The molecule has 1 saturated heterocycles. The van der Waals surface area contributed by atoms with Crippen LogP contribution in [0.1, 0.15) is 30.9 Å². The molecule has 7 heteroatoms. The minimum Gasteiger partial charge on any atom is -0.342 e. The number of thiocarbonyl (C=S) groups is 1. The molecule has 0 radical (unpaired) electrons. The van der Waals surface area contributed by atoms with Gasteiger partial charge >= 0.3 is 0 Å². The number of hydrogen-bond donors (Lipinski definition) is 1. The maximum Gasteiger partial charge on any atom is 0.269 e. The van der Waals surface area contributed by atoms with Gasteiger partial charge in [0, 0.05) is 36.8 Å². The van der Waals surface area contributed by atoms with Gasteiger partial charge in [-0.05, 0) is 55.2 Å². The van der Waals surface area contributed by atoms with Gasteiger partial charge in [0.25, 0.3) is 5.69 Å². The lowest BCUT2D eigenvalue weighted by molar-refractivity contribution is -0.384. The standard InChI is InChI=1S/C17H18N4O2S/c22-21(23)15-8-6-14(7-9-15)19-17(24)20-11-2-1-5-16(20)13-4-3-10-18-12-13/h3-4,6-10,12,16H,1-2,5,11H2,(H,19,24)/t16-/m1/s1. The van der Waals surface area contributed by atoms with E-state index in [0.717, 1.165) is 37.1 Å². The highest BCUT2D eigenvalue weighted by Gasteiger charge is 2.26. The van der Waals surface area contributed by atoms with Crippen molar-refractivity contribution in [2.45, 2.75) is 25.3 Å². The predicted molar refractivity (Wildman–Crippen MR) is 96.9 cm³/mol. The Morgan fingerprint density at radius 2 is 2.08 bits per heavy atom. The number of likely N-dealkylation sites (tertiary alicyclic amines) is 1. The molecule has 6 nitrogen and oxygen atoms in total. The van der Waals surface area contributed by atoms with E-state index in [1.54, 1.807) is 18.3 Å². The third kappa shape index (κ3) is 3.68. The summed E-state index contributed by atoms with van der Waals surface area (Å²) in [7, 11) is 0. The Hall–Kier alpha value is -2.54. The summed E-state index contributed by atoms with van der Waals surface area (Å²) >= 11 is 5.58. The van der Waals surface area contributed by atoms with E-state index >= 15 is 0 Å². The van der Waals surface area contributed by atoms with E-state index in [2.05, 4.69) is 21.3 Å². The zero-order valence-electron chi connectivity index (χ0n) is 13.1. The lowest BCUT2D eigenvalue weighted by Gasteiger charge is -2.37. The lowest BCUT2D eigenvalue weighted by atomic mass is 9.97. The van der Waals surface area contributed by atoms with Crippen molar-refractivity contribution in [3.63, 3.8) is 0 Å². The smallest absolute Gasteiger partial charge is 0.269 e. The number of aromatic nitrogens is 1. The molecule has 0 unspecified atom stereocenters. The average molecular weight is 342 g/mol. The topological polar surface area (TPSA) is 71.3 Å². The quantitative estimate of drug-likeness (QED) is 0.518. The van der Waals surface area contributed by atoms with Crippen molar-refractivity contribution in [2.75, 3.05) is 11.9 Å². The summed E-state index contributed by atoms with van der Waals surface area (Å²) in [5.41, 5.74) is 1.98. The molecule has 2 heterocycles. The Balaban J connectivity index is 1.73. The van der Waals surface area contributed by atoms with E-state index in [4.69, 9.17) is 12.2 Å². The van der Waals surface area contributed by atoms with E-state index in [1.807, 2.05) is 12.3 Å². The summed E-state index contributed by atoms with van der Waals surface area (Å²) < 4.78 is 0. The van der Waals surface area contributed by atoms with Crippen molar-refractivity contribution in [1.29, 1.82) is 0 Å². The first-order valence-corrected chi connectivity index (χ1v) is 8.28. The molecule has 1 aliphatic rings. The van der Waals surface area contributed by atoms with Crippen LogP contribution in [0.3, 0.4) is 0 Å². The zero-order valence-corrected chi connectivity index (χ0v) is 13.9. The zero-order chi connectivity index (χ0) is 16.9. The second-order valence-electron chi connectivity index (χ2n) is 5.73. The fourth-order valence-electron chi connectivity index (χ4n) is 2.96. The fraction of sp³-hybridized carbons (Fsp3) is 0.294. The number of non-ortho nitro benzene ring substituents is 1. The van der Waals surface area contributed by atoms with Crippen LogP contribution in [0.15, 0.2) is 48.8 Å². The van der Waals surface area contributed by atoms with Gasteiger partial charge in [0.15, 0.2) is 5.11 Å². The highest BCUT2D eigenvalue weighted by Crippen LogP contribution is 2.31. The van der Waals surface area contributed by atoms with Gasteiger partial charge in [0.1, 0.15) is 0 Å². The van der Waals surface area contributed by atoms with E-state index in [1.165, 1.54) is 12.1 Å². The first kappa shape index (κ1) is 16.3. The van der Waals surface area contributed by atoms with Crippen LogP contribution in [-0.2, 0) is 0 Å². The molecule has 0 aliphatic carbocycles. The second kappa shape index (κ2) is 7.35. The summed E-state index contributed by atoms with van der Waals surface area (Å²) in [6, 6.07) is 10.5. The normalized spacial score (nSPS) is 17.3. The number of pyridine rings is 1. The van der Waals surface area contributed by atoms with E-state index in [0.29, 0.717) is 5.11 Å². The Bertz CT molecular complexity index is 721. The molecule has 1 atom stereocenters. The van der Waals surface area contributed by atoms with Gasteiger partial charge in [0.05, 0.1) is 11.0 Å². The van der Waals surface area contributed by atoms with Crippen molar-refractivity contribution in [1.82, 2.24) is 9.88 Å².